The van der Waals surface area contributed by atoms with E-state index in [1.165, 1.54) is 25.0 Å². The second kappa shape index (κ2) is 4.25. The Morgan fingerprint density at radius 1 is 1.53 bits per heavy atom. The van der Waals surface area contributed by atoms with Gasteiger partial charge in [0.05, 0.1) is 5.69 Å². The molecule has 0 atom stereocenters. The van der Waals surface area contributed by atoms with Crippen molar-refractivity contribution < 1.29 is 0 Å². The van der Waals surface area contributed by atoms with E-state index in [1.54, 1.807) is 0 Å². The van der Waals surface area contributed by atoms with Crippen molar-refractivity contribution in [3.8, 4) is 0 Å². The second-order valence-electron chi connectivity index (χ2n) is 4.98. The zero-order valence-electron chi connectivity index (χ0n) is 9.95. The predicted octanol–water partition coefficient (Wildman–Crippen LogP) is 2.76. The number of nitrogens with one attached hydrogen (secondary N) is 1. The number of hydrogen-bond acceptors (Lipinski definition) is 2. The molecule has 84 valence electrons. The third-order valence-electron chi connectivity index (χ3n) is 3.11. The first-order valence-electron chi connectivity index (χ1n) is 5.94. The van der Waals surface area contributed by atoms with Gasteiger partial charge in [0.2, 0.25) is 0 Å². The van der Waals surface area contributed by atoms with Crippen LogP contribution in [0, 0.1) is 5.92 Å². The minimum absolute atomic E-state index is 0.673. The molecular formula is C12H21N3. The fourth-order valence-electron chi connectivity index (χ4n) is 1.87. The molecule has 0 bridgehead atoms. The molecule has 1 heterocycles. The average Bonchev–Trinajstić information content (AvgIpc) is 2.40. The summed E-state index contributed by atoms with van der Waals surface area (Å²) >= 11 is 0. The summed E-state index contributed by atoms with van der Waals surface area (Å²) in [6, 6.07) is 2.21. The van der Waals surface area contributed by atoms with Crippen LogP contribution < -0.4 is 5.32 Å². The molecule has 0 radical (unpaired) electrons. The SMILES string of the molecule is CC(C)CNc1cc(C2CCC2)nn1C. The first kappa shape index (κ1) is 10.5. The van der Waals surface area contributed by atoms with Crippen molar-refractivity contribution >= 4 is 5.82 Å². The molecule has 1 fully saturated rings. The molecule has 3 heteroatoms. The molecule has 1 aliphatic rings. The first-order valence-corrected chi connectivity index (χ1v) is 5.94. The fraction of sp³-hybridized carbons (Fsp3) is 0.750. The molecule has 1 aromatic rings. The molecule has 1 aromatic heterocycles. The summed E-state index contributed by atoms with van der Waals surface area (Å²) in [5.41, 5.74) is 1.27. The van der Waals surface area contributed by atoms with Gasteiger partial charge in [-0.1, -0.05) is 20.3 Å². The van der Waals surface area contributed by atoms with E-state index in [4.69, 9.17) is 0 Å². The predicted molar refractivity (Wildman–Crippen MR) is 63.1 cm³/mol. The lowest BCUT2D eigenvalue weighted by Crippen LogP contribution is -2.11. The molecule has 1 saturated carbocycles. The van der Waals surface area contributed by atoms with Crippen molar-refractivity contribution in [1.29, 1.82) is 0 Å². The molecule has 2 rings (SSSR count). The van der Waals surface area contributed by atoms with Crippen LogP contribution in [0.5, 0.6) is 0 Å². The Labute approximate surface area is 91.9 Å². The number of rotatable bonds is 4. The van der Waals surface area contributed by atoms with E-state index in [0.717, 1.165) is 18.3 Å². The number of hydrogen-bond donors (Lipinski definition) is 1. The van der Waals surface area contributed by atoms with Crippen LogP contribution in [-0.2, 0) is 7.05 Å². The largest absolute Gasteiger partial charge is 0.370 e. The fourth-order valence-corrected chi connectivity index (χ4v) is 1.87. The average molecular weight is 207 g/mol. The Kier molecular flexibility index (Phi) is 2.98. The maximum absolute atomic E-state index is 4.56. The quantitative estimate of drug-likeness (QED) is 0.822. The van der Waals surface area contributed by atoms with Gasteiger partial charge in [0.15, 0.2) is 0 Å². The topological polar surface area (TPSA) is 29.9 Å². The van der Waals surface area contributed by atoms with Crippen molar-refractivity contribution in [2.24, 2.45) is 13.0 Å². The van der Waals surface area contributed by atoms with Gasteiger partial charge < -0.3 is 5.32 Å². The highest BCUT2D eigenvalue weighted by atomic mass is 15.3. The van der Waals surface area contributed by atoms with Gasteiger partial charge in [-0.05, 0) is 18.8 Å². The highest BCUT2D eigenvalue weighted by Crippen LogP contribution is 2.36. The summed E-state index contributed by atoms with van der Waals surface area (Å²) in [6.45, 7) is 5.45. The summed E-state index contributed by atoms with van der Waals surface area (Å²) < 4.78 is 1.97. The molecule has 0 saturated heterocycles. The van der Waals surface area contributed by atoms with Crippen molar-refractivity contribution in [1.82, 2.24) is 9.78 Å². The molecule has 1 N–H and O–H groups in total. The number of aryl methyl sites for hydroxylation is 1. The van der Waals surface area contributed by atoms with Gasteiger partial charge in [-0.15, -0.1) is 0 Å². The Hall–Kier alpha value is -0.990. The van der Waals surface area contributed by atoms with Crippen LogP contribution >= 0.6 is 0 Å². The number of nitrogens with zero attached hydrogens (tertiary/aromatic N) is 2. The van der Waals surface area contributed by atoms with E-state index in [-0.39, 0.29) is 0 Å². The molecular weight excluding hydrogens is 186 g/mol. The molecule has 0 amide bonds. The zero-order valence-corrected chi connectivity index (χ0v) is 9.95. The van der Waals surface area contributed by atoms with Crippen LogP contribution in [0.4, 0.5) is 5.82 Å². The first-order chi connectivity index (χ1) is 7.16. The van der Waals surface area contributed by atoms with Crippen LogP contribution in [0.1, 0.15) is 44.7 Å². The summed E-state index contributed by atoms with van der Waals surface area (Å²) in [6.07, 6.45) is 4.01. The standard InChI is InChI=1S/C12H21N3/c1-9(2)8-13-12-7-11(14-15(12)3)10-5-4-6-10/h7,9-10,13H,4-6,8H2,1-3H3. The van der Waals surface area contributed by atoms with E-state index in [0.29, 0.717) is 5.92 Å². The van der Waals surface area contributed by atoms with Gasteiger partial charge in [-0.25, -0.2) is 0 Å². The molecule has 3 nitrogen and oxygen atoms in total. The minimum Gasteiger partial charge on any atom is -0.370 e. The summed E-state index contributed by atoms with van der Waals surface area (Å²) in [4.78, 5) is 0. The summed E-state index contributed by atoms with van der Waals surface area (Å²) in [5, 5.41) is 8.00. The summed E-state index contributed by atoms with van der Waals surface area (Å²) in [7, 11) is 2.02. The van der Waals surface area contributed by atoms with E-state index in [9.17, 15) is 0 Å². The maximum atomic E-state index is 4.56. The van der Waals surface area contributed by atoms with E-state index < -0.39 is 0 Å². The second-order valence-corrected chi connectivity index (χ2v) is 4.98. The van der Waals surface area contributed by atoms with E-state index in [2.05, 4.69) is 30.3 Å². The summed E-state index contributed by atoms with van der Waals surface area (Å²) in [5.74, 6) is 2.56. The lowest BCUT2D eigenvalue weighted by atomic mass is 9.83. The van der Waals surface area contributed by atoms with Crippen LogP contribution in [0.2, 0.25) is 0 Å². The molecule has 15 heavy (non-hydrogen) atoms. The van der Waals surface area contributed by atoms with Gasteiger partial charge in [0.25, 0.3) is 0 Å². The van der Waals surface area contributed by atoms with Crippen molar-refractivity contribution in [2.75, 3.05) is 11.9 Å². The van der Waals surface area contributed by atoms with Crippen molar-refractivity contribution in [2.45, 2.75) is 39.0 Å². The van der Waals surface area contributed by atoms with Gasteiger partial charge in [-0.3, -0.25) is 4.68 Å². The Morgan fingerprint density at radius 2 is 2.27 bits per heavy atom. The van der Waals surface area contributed by atoms with Gasteiger partial charge in [-0.2, -0.15) is 5.10 Å². The Balaban J connectivity index is 2.00. The van der Waals surface area contributed by atoms with E-state index in [1.807, 2.05) is 11.7 Å². The van der Waals surface area contributed by atoms with Crippen LogP contribution in [0.3, 0.4) is 0 Å². The molecule has 0 unspecified atom stereocenters. The lowest BCUT2D eigenvalue weighted by Gasteiger charge is -2.22. The minimum atomic E-state index is 0.673. The monoisotopic (exact) mass is 207 g/mol. The smallest absolute Gasteiger partial charge is 0.124 e. The Morgan fingerprint density at radius 3 is 2.80 bits per heavy atom. The van der Waals surface area contributed by atoms with Crippen molar-refractivity contribution in [3.05, 3.63) is 11.8 Å². The number of aromatic nitrogens is 2. The highest BCUT2D eigenvalue weighted by molar-refractivity contribution is 5.38. The molecule has 0 aliphatic heterocycles. The third kappa shape index (κ3) is 2.33. The molecule has 0 aromatic carbocycles. The van der Waals surface area contributed by atoms with Crippen LogP contribution in [0.25, 0.3) is 0 Å². The zero-order chi connectivity index (χ0) is 10.8. The maximum Gasteiger partial charge on any atom is 0.124 e. The van der Waals surface area contributed by atoms with Gasteiger partial charge in [0, 0.05) is 25.6 Å². The molecule has 0 spiro atoms. The lowest BCUT2D eigenvalue weighted by molar-refractivity contribution is 0.408. The highest BCUT2D eigenvalue weighted by Gasteiger charge is 2.22. The Bertz CT molecular complexity index is 324. The van der Waals surface area contributed by atoms with Crippen molar-refractivity contribution in [3.63, 3.8) is 0 Å². The van der Waals surface area contributed by atoms with Crippen LogP contribution in [0.15, 0.2) is 6.07 Å². The van der Waals surface area contributed by atoms with Crippen LogP contribution in [-0.4, -0.2) is 16.3 Å². The normalized spacial score (nSPS) is 16.8. The van der Waals surface area contributed by atoms with Gasteiger partial charge >= 0.3 is 0 Å². The third-order valence-corrected chi connectivity index (χ3v) is 3.11. The van der Waals surface area contributed by atoms with E-state index >= 15 is 0 Å². The van der Waals surface area contributed by atoms with Gasteiger partial charge in [0.1, 0.15) is 5.82 Å². The number of anilines is 1. The molecule has 1 aliphatic carbocycles.